The zero-order valence-electron chi connectivity index (χ0n) is 12.9. The fraction of sp³-hybridized carbons (Fsp3) is 0.529. The molecule has 6 heteroatoms. The summed E-state index contributed by atoms with van der Waals surface area (Å²) in [6.07, 6.45) is 4.03. The molecule has 3 rings (SSSR count). The number of nitrogens with one attached hydrogen (secondary N) is 1. The summed E-state index contributed by atoms with van der Waals surface area (Å²) in [7, 11) is 0. The summed E-state index contributed by atoms with van der Waals surface area (Å²) >= 11 is 6.06. The molecule has 0 atom stereocenters. The standard InChI is InChI=1S/C17H21ClN2O3/c18-11-3-8-14(15(10-11)20-9-1-2-16(20)22)17(23)19-12-4-6-13(21)7-5-12/h3,8,10,12-13,21H,1-2,4-7,9H2,(H,19,23). The van der Waals surface area contributed by atoms with Gasteiger partial charge in [-0.1, -0.05) is 11.6 Å². The van der Waals surface area contributed by atoms with E-state index in [-0.39, 0.29) is 24.0 Å². The van der Waals surface area contributed by atoms with Gasteiger partial charge in [0.15, 0.2) is 0 Å². The van der Waals surface area contributed by atoms with Crippen LogP contribution in [0.15, 0.2) is 18.2 Å². The Bertz CT molecular complexity index is 612. The van der Waals surface area contributed by atoms with E-state index in [1.54, 1.807) is 23.1 Å². The lowest BCUT2D eigenvalue weighted by atomic mass is 9.93. The van der Waals surface area contributed by atoms with Gasteiger partial charge in [0.2, 0.25) is 5.91 Å². The third kappa shape index (κ3) is 3.67. The van der Waals surface area contributed by atoms with E-state index >= 15 is 0 Å². The average Bonchev–Trinajstić information content (AvgIpc) is 2.95. The van der Waals surface area contributed by atoms with Gasteiger partial charge in [-0.2, -0.15) is 0 Å². The van der Waals surface area contributed by atoms with Gasteiger partial charge in [0.25, 0.3) is 5.91 Å². The van der Waals surface area contributed by atoms with Gasteiger partial charge in [0.1, 0.15) is 0 Å². The van der Waals surface area contributed by atoms with Crippen molar-refractivity contribution in [3.63, 3.8) is 0 Å². The molecule has 0 radical (unpaired) electrons. The van der Waals surface area contributed by atoms with Crippen LogP contribution in [0.2, 0.25) is 5.02 Å². The molecule has 1 aliphatic heterocycles. The highest BCUT2D eigenvalue weighted by Gasteiger charge is 2.27. The van der Waals surface area contributed by atoms with Gasteiger partial charge in [0.05, 0.1) is 17.4 Å². The zero-order chi connectivity index (χ0) is 16.4. The number of hydrogen-bond donors (Lipinski definition) is 2. The van der Waals surface area contributed by atoms with Crippen LogP contribution >= 0.6 is 11.6 Å². The lowest BCUT2D eigenvalue weighted by Gasteiger charge is -2.27. The van der Waals surface area contributed by atoms with E-state index in [1.807, 2.05) is 0 Å². The van der Waals surface area contributed by atoms with Crippen LogP contribution in [0.3, 0.4) is 0 Å². The number of anilines is 1. The molecule has 2 fully saturated rings. The summed E-state index contributed by atoms with van der Waals surface area (Å²) in [5, 5.41) is 13.1. The molecule has 1 saturated heterocycles. The number of amides is 2. The minimum atomic E-state index is -0.253. The van der Waals surface area contributed by atoms with Crippen LogP contribution in [0.4, 0.5) is 5.69 Å². The minimum absolute atomic E-state index is 0.0297. The minimum Gasteiger partial charge on any atom is -0.393 e. The van der Waals surface area contributed by atoms with E-state index in [4.69, 9.17) is 11.6 Å². The smallest absolute Gasteiger partial charge is 0.253 e. The normalized spacial score (nSPS) is 24.8. The Morgan fingerprint density at radius 3 is 2.65 bits per heavy atom. The van der Waals surface area contributed by atoms with Crippen molar-refractivity contribution in [3.8, 4) is 0 Å². The molecule has 0 spiro atoms. The number of carbonyl (C=O) groups excluding carboxylic acids is 2. The molecule has 1 aromatic rings. The number of hydrogen-bond acceptors (Lipinski definition) is 3. The molecular weight excluding hydrogens is 316 g/mol. The molecule has 1 aliphatic carbocycles. The predicted octanol–water partition coefficient (Wildman–Crippen LogP) is 2.50. The second-order valence-electron chi connectivity index (χ2n) is 6.29. The molecule has 2 amide bonds. The number of nitrogens with zero attached hydrogens (tertiary/aromatic N) is 1. The molecule has 1 saturated carbocycles. The summed E-state index contributed by atoms with van der Waals surface area (Å²) in [5.74, 6) is -0.153. The van der Waals surface area contributed by atoms with Crippen molar-refractivity contribution < 1.29 is 14.7 Å². The first-order valence-electron chi connectivity index (χ1n) is 8.13. The van der Waals surface area contributed by atoms with Crippen molar-refractivity contribution >= 4 is 29.1 Å². The maximum absolute atomic E-state index is 12.6. The van der Waals surface area contributed by atoms with Crippen LogP contribution in [0.5, 0.6) is 0 Å². The van der Waals surface area contributed by atoms with Crippen LogP contribution in [-0.2, 0) is 4.79 Å². The molecule has 0 aromatic heterocycles. The van der Waals surface area contributed by atoms with E-state index < -0.39 is 0 Å². The lowest BCUT2D eigenvalue weighted by molar-refractivity contribution is -0.117. The summed E-state index contributed by atoms with van der Waals surface area (Å²) in [4.78, 5) is 26.3. The maximum atomic E-state index is 12.6. The highest BCUT2D eigenvalue weighted by atomic mass is 35.5. The Morgan fingerprint density at radius 1 is 1.26 bits per heavy atom. The van der Waals surface area contributed by atoms with Crippen molar-refractivity contribution in [2.75, 3.05) is 11.4 Å². The molecule has 2 N–H and O–H groups in total. The number of rotatable bonds is 3. The monoisotopic (exact) mass is 336 g/mol. The average molecular weight is 337 g/mol. The van der Waals surface area contributed by atoms with Gasteiger partial charge in [-0.05, 0) is 50.3 Å². The van der Waals surface area contributed by atoms with Gasteiger partial charge in [0, 0.05) is 24.0 Å². The maximum Gasteiger partial charge on any atom is 0.253 e. The SMILES string of the molecule is O=C(NC1CCC(O)CC1)c1ccc(Cl)cc1N1CCCC1=O. The van der Waals surface area contributed by atoms with Gasteiger partial charge in [-0.15, -0.1) is 0 Å². The van der Waals surface area contributed by atoms with Gasteiger partial charge in [-0.3, -0.25) is 9.59 Å². The third-order valence-electron chi connectivity index (χ3n) is 4.60. The van der Waals surface area contributed by atoms with Crippen molar-refractivity contribution in [2.24, 2.45) is 0 Å². The first-order chi connectivity index (χ1) is 11.0. The summed E-state index contributed by atoms with van der Waals surface area (Å²) in [5.41, 5.74) is 1.07. The Hall–Kier alpha value is -1.59. The van der Waals surface area contributed by atoms with E-state index in [9.17, 15) is 14.7 Å². The molecule has 0 unspecified atom stereocenters. The number of benzene rings is 1. The van der Waals surface area contributed by atoms with Crippen LogP contribution in [0, 0.1) is 0 Å². The fourth-order valence-corrected chi connectivity index (χ4v) is 3.47. The third-order valence-corrected chi connectivity index (χ3v) is 4.84. The number of halogens is 1. The predicted molar refractivity (Wildman–Crippen MR) is 88.8 cm³/mol. The molecule has 124 valence electrons. The largest absolute Gasteiger partial charge is 0.393 e. The second-order valence-corrected chi connectivity index (χ2v) is 6.73. The van der Waals surface area contributed by atoms with Crippen LogP contribution in [-0.4, -0.2) is 35.6 Å². The van der Waals surface area contributed by atoms with E-state index in [2.05, 4.69) is 5.32 Å². The molecule has 23 heavy (non-hydrogen) atoms. The Morgan fingerprint density at radius 2 is 2.00 bits per heavy atom. The van der Waals surface area contributed by atoms with E-state index in [0.717, 1.165) is 19.3 Å². The number of carbonyl (C=O) groups is 2. The van der Waals surface area contributed by atoms with Gasteiger partial charge >= 0.3 is 0 Å². The van der Waals surface area contributed by atoms with Crippen molar-refractivity contribution in [1.29, 1.82) is 0 Å². The summed E-state index contributed by atoms with van der Waals surface area (Å²) in [6.45, 7) is 0.620. The van der Waals surface area contributed by atoms with Crippen LogP contribution in [0.1, 0.15) is 48.9 Å². The molecule has 0 bridgehead atoms. The summed E-state index contributed by atoms with van der Waals surface area (Å²) < 4.78 is 0. The Balaban J connectivity index is 1.78. The van der Waals surface area contributed by atoms with E-state index in [0.29, 0.717) is 42.1 Å². The highest BCUT2D eigenvalue weighted by Crippen LogP contribution is 2.29. The molecule has 1 heterocycles. The molecular formula is C17H21ClN2O3. The zero-order valence-corrected chi connectivity index (χ0v) is 13.7. The van der Waals surface area contributed by atoms with Crippen molar-refractivity contribution in [2.45, 2.75) is 50.7 Å². The lowest BCUT2D eigenvalue weighted by Crippen LogP contribution is -2.39. The highest BCUT2D eigenvalue weighted by molar-refractivity contribution is 6.31. The first-order valence-corrected chi connectivity index (χ1v) is 8.51. The second kappa shape index (κ2) is 6.89. The van der Waals surface area contributed by atoms with Crippen LogP contribution < -0.4 is 10.2 Å². The fourth-order valence-electron chi connectivity index (χ4n) is 3.31. The number of aliphatic hydroxyl groups is 1. The van der Waals surface area contributed by atoms with Crippen molar-refractivity contribution in [1.82, 2.24) is 5.32 Å². The summed E-state index contributed by atoms with van der Waals surface area (Å²) in [6, 6.07) is 5.11. The molecule has 5 nitrogen and oxygen atoms in total. The van der Waals surface area contributed by atoms with Crippen molar-refractivity contribution in [3.05, 3.63) is 28.8 Å². The quantitative estimate of drug-likeness (QED) is 0.891. The Labute approximate surface area is 140 Å². The van der Waals surface area contributed by atoms with Crippen LogP contribution in [0.25, 0.3) is 0 Å². The number of aliphatic hydroxyl groups excluding tert-OH is 1. The molecule has 2 aliphatic rings. The first kappa shape index (κ1) is 16.3. The van der Waals surface area contributed by atoms with Gasteiger partial charge < -0.3 is 15.3 Å². The Kier molecular flexibility index (Phi) is 4.87. The van der Waals surface area contributed by atoms with Gasteiger partial charge in [-0.25, -0.2) is 0 Å². The molecule has 1 aromatic carbocycles. The van der Waals surface area contributed by atoms with E-state index in [1.165, 1.54) is 0 Å². The topological polar surface area (TPSA) is 69.6 Å².